The lowest BCUT2D eigenvalue weighted by atomic mass is 9.93. The Morgan fingerprint density at radius 2 is 2.05 bits per heavy atom. The number of carbonyl (C=O) groups is 2. The predicted molar refractivity (Wildman–Crippen MR) is 75.4 cm³/mol. The van der Waals surface area contributed by atoms with Crippen molar-refractivity contribution in [3.05, 3.63) is 0 Å². The third kappa shape index (κ3) is 5.46. The molecule has 0 saturated carbocycles. The van der Waals surface area contributed by atoms with Crippen molar-refractivity contribution >= 4 is 11.9 Å². The van der Waals surface area contributed by atoms with Crippen LogP contribution in [0.25, 0.3) is 0 Å². The minimum absolute atomic E-state index is 0.0215. The van der Waals surface area contributed by atoms with Crippen LogP contribution in [0.4, 0.5) is 0 Å². The van der Waals surface area contributed by atoms with Crippen molar-refractivity contribution in [2.24, 2.45) is 17.8 Å². The summed E-state index contributed by atoms with van der Waals surface area (Å²) in [5.41, 5.74) is 0. The molecule has 3 unspecified atom stereocenters. The highest BCUT2D eigenvalue weighted by Crippen LogP contribution is 2.17. The number of carbonyl (C=O) groups excluding carboxylic acids is 1. The minimum Gasteiger partial charge on any atom is -0.481 e. The van der Waals surface area contributed by atoms with Crippen molar-refractivity contribution in [3.63, 3.8) is 0 Å². The Balaban J connectivity index is 2.45. The van der Waals surface area contributed by atoms with Crippen molar-refractivity contribution in [2.45, 2.75) is 32.7 Å². The average molecular weight is 286 g/mol. The van der Waals surface area contributed by atoms with E-state index in [0.717, 1.165) is 6.42 Å². The van der Waals surface area contributed by atoms with Gasteiger partial charge < -0.3 is 20.5 Å². The smallest absolute Gasteiger partial charge is 0.303 e. The molecule has 1 saturated heterocycles. The van der Waals surface area contributed by atoms with Gasteiger partial charge in [-0.05, 0) is 25.3 Å². The molecule has 1 aliphatic heterocycles. The lowest BCUT2D eigenvalue weighted by molar-refractivity contribution is -0.138. The van der Waals surface area contributed by atoms with E-state index in [4.69, 9.17) is 9.84 Å². The molecular formula is C14H26N2O4. The number of aliphatic carboxylic acids is 1. The van der Waals surface area contributed by atoms with E-state index < -0.39 is 5.97 Å². The number of hydrogen-bond acceptors (Lipinski definition) is 4. The largest absolute Gasteiger partial charge is 0.481 e. The van der Waals surface area contributed by atoms with E-state index in [1.807, 2.05) is 7.05 Å². The molecule has 0 aromatic carbocycles. The summed E-state index contributed by atoms with van der Waals surface area (Å²) in [4.78, 5) is 23.0. The van der Waals surface area contributed by atoms with E-state index in [1.165, 1.54) is 0 Å². The first kappa shape index (κ1) is 16.9. The molecular weight excluding hydrogens is 260 g/mol. The van der Waals surface area contributed by atoms with Crippen LogP contribution in [0.2, 0.25) is 0 Å². The summed E-state index contributed by atoms with van der Waals surface area (Å²) in [6, 6.07) is 0.0398. The third-order valence-corrected chi connectivity index (χ3v) is 3.62. The zero-order chi connectivity index (χ0) is 15.1. The summed E-state index contributed by atoms with van der Waals surface area (Å²) in [6.07, 6.45) is 0.887. The fourth-order valence-corrected chi connectivity index (χ4v) is 2.63. The second-order valence-electron chi connectivity index (χ2n) is 5.88. The van der Waals surface area contributed by atoms with Crippen LogP contribution in [-0.2, 0) is 14.3 Å². The van der Waals surface area contributed by atoms with Crippen molar-refractivity contribution in [1.82, 2.24) is 10.6 Å². The van der Waals surface area contributed by atoms with Gasteiger partial charge in [-0.25, -0.2) is 0 Å². The van der Waals surface area contributed by atoms with Gasteiger partial charge in [-0.15, -0.1) is 0 Å². The van der Waals surface area contributed by atoms with Gasteiger partial charge in [0.25, 0.3) is 0 Å². The molecule has 0 aromatic heterocycles. The Labute approximate surface area is 120 Å². The molecule has 3 N–H and O–H groups in total. The number of rotatable bonds is 8. The van der Waals surface area contributed by atoms with Crippen LogP contribution in [0.5, 0.6) is 0 Å². The zero-order valence-electron chi connectivity index (χ0n) is 12.5. The topological polar surface area (TPSA) is 87.7 Å². The number of likely N-dealkylation sites (N-methyl/N-ethyl adjacent to an activating group) is 1. The Morgan fingerprint density at radius 3 is 2.60 bits per heavy atom. The standard InChI is InChI=1S/C14H26N2O4/c1-9(2)4-10(5-13(17)18)6-16-14(19)11-7-20-8-12(11)15-3/h9-12,15H,4-8H2,1-3H3,(H,16,19)(H,17,18). The molecule has 6 nitrogen and oxygen atoms in total. The van der Waals surface area contributed by atoms with Crippen LogP contribution in [0.15, 0.2) is 0 Å². The Bertz CT molecular complexity index is 333. The Hall–Kier alpha value is -1.14. The first-order valence-corrected chi connectivity index (χ1v) is 7.18. The summed E-state index contributed by atoms with van der Waals surface area (Å²) in [6.45, 7) is 5.48. The second-order valence-corrected chi connectivity index (χ2v) is 5.88. The van der Waals surface area contributed by atoms with Crippen molar-refractivity contribution in [3.8, 4) is 0 Å². The summed E-state index contributed by atoms with van der Waals surface area (Å²) >= 11 is 0. The van der Waals surface area contributed by atoms with E-state index in [-0.39, 0.29) is 30.2 Å². The summed E-state index contributed by atoms with van der Waals surface area (Å²) in [5.74, 6) is -0.671. The SMILES string of the molecule is CNC1COCC1C(=O)NCC(CC(=O)O)CC(C)C. The molecule has 0 spiro atoms. The fraction of sp³-hybridized carbons (Fsp3) is 0.857. The minimum atomic E-state index is -0.817. The van der Waals surface area contributed by atoms with Gasteiger partial charge in [-0.2, -0.15) is 0 Å². The van der Waals surface area contributed by atoms with Gasteiger partial charge in [0.15, 0.2) is 0 Å². The number of carboxylic acid groups (broad SMARTS) is 1. The molecule has 1 aliphatic rings. The van der Waals surface area contributed by atoms with Crippen LogP contribution in [0.3, 0.4) is 0 Å². The van der Waals surface area contributed by atoms with Gasteiger partial charge in [0.05, 0.1) is 19.1 Å². The van der Waals surface area contributed by atoms with Crippen LogP contribution in [0.1, 0.15) is 26.7 Å². The molecule has 0 bridgehead atoms. The summed E-state index contributed by atoms with van der Waals surface area (Å²) in [7, 11) is 1.81. The summed E-state index contributed by atoms with van der Waals surface area (Å²) in [5, 5.41) is 14.9. The van der Waals surface area contributed by atoms with Gasteiger partial charge in [-0.1, -0.05) is 13.8 Å². The second kappa shape index (κ2) is 8.21. The highest BCUT2D eigenvalue weighted by atomic mass is 16.5. The van der Waals surface area contributed by atoms with Crippen molar-refractivity contribution in [1.29, 1.82) is 0 Å². The first-order chi connectivity index (χ1) is 9.43. The molecule has 0 aliphatic carbocycles. The van der Waals surface area contributed by atoms with Gasteiger partial charge in [-0.3, -0.25) is 9.59 Å². The number of nitrogens with one attached hydrogen (secondary N) is 2. The van der Waals surface area contributed by atoms with Crippen LogP contribution < -0.4 is 10.6 Å². The predicted octanol–water partition coefficient (Wildman–Crippen LogP) is 0.474. The fourth-order valence-electron chi connectivity index (χ4n) is 2.63. The van der Waals surface area contributed by atoms with Gasteiger partial charge in [0, 0.05) is 19.0 Å². The molecule has 0 aromatic rings. The molecule has 6 heteroatoms. The molecule has 1 heterocycles. The van der Waals surface area contributed by atoms with E-state index in [1.54, 1.807) is 0 Å². The van der Waals surface area contributed by atoms with Gasteiger partial charge >= 0.3 is 5.97 Å². The monoisotopic (exact) mass is 286 g/mol. The van der Waals surface area contributed by atoms with E-state index in [0.29, 0.717) is 25.7 Å². The summed E-state index contributed by atoms with van der Waals surface area (Å²) < 4.78 is 5.30. The third-order valence-electron chi connectivity index (χ3n) is 3.62. The lowest BCUT2D eigenvalue weighted by Gasteiger charge is -2.21. The maximum Gasteiger partial charge on any atom is 0.303 e. The molecule has 0 radical (unpaired) electrons. The van der Waals surface area contributed by atoms with Crippen molar-refractivity contribution in [2.75, 3.05) is 26.8 Å². The number of amides is 1. The maximum absolute atomic E-state index is 12.1. The first-order valence-electron chi connectivity index (χ1n) is 7.18. The van der Waals surface area contributed by atoms with Crippen LogP contribution in [0, 0.1) is 17.8 Å². The van der Waals surface area contributed by atoms with Crippen molar-refractivity contribution < 1.29 is 19.4 Å². The molecule has 3 atom stereocenters. The number of hydrogen-bond donors (Lipinski definition) is 3. The number of carboxylic acids is 1. The van der Waals surface area contributed by atoms with Gasteiger partial charge in [0.1, 0.15) is 0 Å². The normalized spacial score (nSPS) is 23.8. The Kier molecular flexibility index (Phi) is 6.95. The van der Waals surface area contributed by atoms with Crippen LogP contribution >= 0.6 is 0 Å². The van der Waals surface area contributed by atoms with Crippen LogP contribution in [-0.4, -0.2) is 49.8 Å². The average Bonchev–Trinajstić information content (AvgIpc) is 2.82. The molecule has 1 amide bonds. The van der Waals surface area contributed by atoms with E-state index >= 15 is 0 Å². The van der Waals surface area contributed by atoms with E-state index in [2.05, 4.69) is 24.5 Å². The molecule has 1 fully saturated rings. The van der Waals surface area contributed by atoms with Gasteiger partial charge in [0.2, 0.25) is 5.91 Å². The highest BCUT2D eigenvalue weighted by Gasteiger charge is 2.33. The molecule has 1 rings (SSSR count). The lowest BCUT2D eigenvalue weighted by Crippen LogP contribution is -2.44. The zero-order valence-corrected chi connectivity index (χ0v) is 12.5. The maximum atomic E-state index is 12.1. The Morgan fingerprint density at radius 1 is 1.35 bits per heavy atom. The number of ether oxygens (including phenoxy) is 1. The molecule has 20 heavy (non-hydrogen) atoms. The molecule has 116 valence electrons. The van der Waals surface area contributed by atoms with E-state index in [9.17, 15) is 9.59 Å². The highest BCUT2D eigenvalue weighted by molar-refractivity contribution is 5.80. The quantitative estimate of drug-likeness (QED) is 0.604.